The lowest BCUT2D eigenvalue weighted by Crippen LogP contribution is -2.00. The van der Waals surface area contributed by atoms with Gasteiger partial charge in [-0.3, -0.25) is 0 Å². The van der Waals surface area contributed by atoms with Gasteiger partial charge in [0.15, 0.2) is 17.5 Å². The van der Waals surface area contributed by atoms with Crippen molar-refractivity contribution in [3.8, 4) is 39.9 Å². The summed E-state index contributed by atoms with van der Waals surface area (Å²) in [6, 6.07) is 41.8. The number of nitrogens with zero attached hydrogens (tertiary/aromatic N) is 4. The van der Waals surface area contributed by atoms with Gasteiger partial charge in [-0.15, -0.1) is 22.7 Å². The molecular formula is C45H26N4S2. The molecule has 51 heavy (non-hydrogen) atoms. The fraction of sp³-hybridized carbons (Fsp3) is 0. The summed E-state index contributed by atoms with van der Waals surface area (Å²) in [4.78, 5) is 14.9. The average molecular weight is 692 g/mol. The Kier molecular flexibility index (Phi) is 5.25. The number of rotatable bonds is 4. The van der Waals surface area contributed by atoms with E-state index in [0.29, 0.717) is 11.6 Å². The van der Waals surface area contributed by atoms with Crippen molar-refractivity contribution in [2.75, 3.05) is 0 Å². The normalized spacial score (nSPS) is 13.3. The molecular weight excluding hydrogens is 661 g/mol. The lowest BCUT2D eigenvalue weighted by atomic mass is 10.0. The maximum Gasteiger partial charge on any atom is 0.164 e. The molecule has 0 saturated heterocycles. The Balaban J connectivity index is 1.18. The highest BCUT2D eigenvalue weighted by molar-refractivity contribution is 7.26. The Labute approximate surface area is 307 Å². The molecule has 0 fully saturated rings. The van der Waals surface area contributed by atoms with Crippen LogP contribution in [0, 0.1) is 0 Å². The van der Waals surface area contributed by atoms with Crippen molar-refractivity contribution in [1.29, 1.82) is 0 Å². The van der Waals surface area contributed by atoms with Gasteiger partial charge in [0.1, 0.15) is 0 Å². The average Bonchev–Trinajstić information content (AvgIpc) is 3.91. The van der Waals surface area contributed by atoms with E-state index in [2.05, 4.69) is 102 Å². The summed E-state index contributed by atoms with van der Waals surface area (Å²) in [5, 5.41) is 6.58. The highest BCUT2D eigenvalue weighted by Crippen LogP contribution is 2.42. The van der Waals surface area contributed by atoms with Gasteiger partial charge in [-0.05, 0) is 60.7 Å². The van der Waals surface area contributed by atoms with E-state index < -0.39 is 18.1 Å². The molecule has 6 heteroatoms. The fourth-order valence-electron chi connectivity index (χ4n) is 7.31. The smallest absolute Gasteiger partial charge is 0.164 e. The van der Waals surface area contributed by atoms with Crippen molar-refractivity contribution in [2.24, 2.45) is 0 Å². The number of hydrogen-bond donors (Lipinski definition) is 0. The second-order valence-electron chi connectivity index (χ2n) is 12.4. The van der Waals surface area contributed by atoms with Crippen LogP contribution in [0.15, 0.2) is 158 Å². The third kappa shape index (κ3) is 4.47. The van der Waals surface area contributed by atoms with E-state index in [9.17, 15) is 0 Å². The van der Waals surface area contributed by atoms with Gasteiger partial charge in [-0.1, -0.05) is 96.9 Å². The van der Waals surface area contributed by atoms with Gasteiger partial charge < -0.3 is 4.57 Å². The highest BCUT2D eigenvalue weighted by atomic mass is 32.1. The lowest BCUT2D eigenvalue weighted by Gasteiger charge is -2.11. The van der Waals surface area contributed by atoms with Crippen LogP contribution in [0.5, 0.6) is 0 Å². The first-order valence-electron chi connectivity index (χ1n) is 19.0. The molecule has 0 atom stereocenters. The van der Waals surface area contributed by atoms with Gasteiger partial charge in [0.25, 0.3) is 0 Å². The first-order chi connectivity index (χ1) is 27.3. The number of hydrogen-bond acceptors (Lipinski definition) is 5. The van der Waals surface area contributed by atoms with E-state index in [-0.39, 0.29) is 23.5 Å². The van der Waals surface area contributed by atoms with Crippen LogP contribution >= 0.6 is 22.7 Å². The van der Waals surface area contributed by atoms with Crippen molar-refractivity contribution in [3.63, 3.8) is 0 Å². The number of para-hydroxylation sites is 2. The molecule has 0 radical (unpaired) electrons. The van der Waals surface area contributed by atoms with Gasteiger partial charge >= 0.3 is 0 Å². The summed E-state index contributed by atoms with van der Waals surface area (Å²) >= 11 is 3.40. The molecule has 7 aromatic carbocycles. The molecule has 4 heterocycles. The van der Waals surface area contributed by atoms with Gasteiger partial charge in [0.2, 0.25) is 0 Å². The van der Waals surface area contributed by atoms with Crippen LogP contribution in [0.4, 0.5) is 0 Å². The second kappa shape index (κ2) is 11.2. The Morgan fingerprint density at radius 1 is 0.451 bits per heavy atom. The predicted octanol–water partition coefficient (Wildman–Crippen LogP) is 12.7. The molecule has 0 unspecified atom stereocenters. The molecule has 11 aromatic rings. The van der Waals surface area contributed by atoms with Crippen LogP contribution in [0.2, 0.25) is 0 Å². The zero-order valence-corrected chi connectivity index (χ0v) is 28.4. The van der Waals surface area contributed by atoms with E-state index in [4.69, 9.17) is 21.8 Å². The van der Waals surface area contributed by atoms with Gasteiger partial charge in [0, 0.05) is 73.5 Å². The molecule has 4 nitrogen and oxygen atoms in total. The fourth-order valence-corrected chi connectivity index (χ4v) is 9.50. The second-order valence-corrected chi connectivity index (χ2v) is 14.6. The van der Waals surface area contributed by atoms with E-state index in [0.717, 1.165) is 63.5 Å². The van der Waals surface area contributed by atoms with E-state index >= 15 is 0 Å². The molecule has 0 aliphatic rings. The monoisotopic (exact) mass is 691 g/mol. The summed E-state index contributed by atoms with van der Waals surface area (Å²) in [5.74, 6) is 0.705. The standard InChI is InChI=1S/C45H26N4S2/c1-2-11-27(12-3-1)43-46-44(28-21-23-39-34(25-28)32-15-6-9-19-38(32)50-39)48-45(47-43)33-16-10-20-41-42(33)35-26-29(22-24-40(35)51-41)49-36-17-7-4-13-30(36)31-14-5-8-18-37(31)49/h1-26H/i1D,2D,3D,11D,12D. The zero-order valence-electron chi connectivity index (χ0n) is 31.7. The summed E-state index contributed by atoms with van der Waals surface area (Å²) in [5.41, 5.74) is 4.68. The third-order valence-corrected chi connectivity index (χ3v) is 11.8. The van der Waals surface area contributed by atoms with Crippen LogP contribution in [0.25, 0.3) is 102 Å². The number of aromatic nitrogens is 4. The van der Waals surface area contributed by atoms with E-state index in [1.54, 1.807) is 22.7 Å². The number of benzene rings is 7. The summed E-state index contributed by atoms with van der Waals surface area (Å²) in [6.07, 6.45) is 0. The van der Waals surface area contributed by atoms with Crippen molar-refractivity contribution in [1.82, 2.24) is 19.5 Å². The minimum Gasteiger partial charge on any atom is -0.309 e. The minimum atomic E-state index is -0.471. The maximum absolute atomic E-state index is 8.85. The third-order valence-electron chi connectivity index (χ3n) is 9.55. The lowest BCUT2D eigenvalue weighted by molar-refractivity contribution is 1.08. The van der Waals surface area contributed by atoms with E-state index in [1.165, 1.54) is 15.5 Å². The van der Waals surface area contributed by atoms with E-state index in [1.807, 2.05) is 30.3 Å². The molecule has 0 N–H and O–H groups in total. The molecule has 0 saturated carbocycles. The quantitative estimate of drug-likeness (QED) is 0.184. The maximum atomic E-state index is 8.85. The van der Waals surface area contributed by atoms with Crippen LogP contribution in [0.1, 0.15) is 6.85 Å². The highest BCUT2D eigenvalue weighted by Gasteiger charge is 2.19. The van der Waals surface area contributed by atoms with Crippen molar-refractivity contribution < 1.29 is 6.85 Å². The molecule has 0 spiro atoms. The van der Waals surface area contributed by atoms with Gasteiger partial charge in [-0.2, -0.15) is 0 Å². The Morgan fingerprint density at radius 3 is 1.86 bits per heavy atom. The zero-order chi connectivity index (χ0) is 37.8. The van der Waals surface area contributed by atoms with Crippen molar-refractivity contribution in [2.45, 2.75) is 0 Å². The molecule has 238 valence electrons. The van der Waals surface area contributed by atoms with Crippen LogP contribution < -0.4 is 0 Å². The molecule has 0 amide bonds. The molecule has 11 rings (SSSR count). The Hall–Kier alpha value is -6.21. The van der Waals surface area contributed by atoms with Gasteiger partial charge in [0.05, 0.1) is 17.9 Å². The topological polar surface area (TPSA) is 43.6 Å². The summed E-state index contributed by atoms with van der Waals surface area (Å²) in [6.45, 7) is 0. The first-order valence-corrected chi connectivity index (χ1v) is 18.2. The molecule has 0 aliphatic carbocycles. The molecule has 0 bridgehead atoms. The summed E-state index contributed by atoms with van der Waals surface area (Å²) < 4.78 is 49.6. The van der Waals surface area contributed by atoms with Crippen molar-refractivity contribution in [3.05, 3.63) is 158 Å². The number of thiophene rings is 2. The van der Waals surface area contributed by atoms with Gasteiger partial charge in [-0.25, -0.2) is 15.0 Å². The van der Waals surface area contributed by atoms with Crippen LogP contribution in [-0.2, 0) is 0 Å². The first kappa shape index (κ1) is 24.0. The van der Waals surface area contributed by atoms with Crippen LogP contribution in [0.3, 0.4) is 0 Å². The summed E-state index contributed by atoms with van der Waals surface area (Å²) in [7, 11) is 0. The van der Waals surface area contributed by atoms with Crippen LogP contribution in [-0.4, -0.2) is 19.5 Å². The SMILES string of the molecule is [2H]c1c([2H])c([2H])c(-c2nc(-c3ccc4sc5ccccc5c4c3)nc(-c3cccc4sc5ccc(-n6c7ccccc7c7ccccc76)cc5c34)n2)c([2H])c1[2H]. The largest absolute Gasteiger partial charge is 0.309 e. The Morgan fingerprint density at radius 2 is 1.06 bits per heavy atom. The van der Waals surface area contributed by atoms with Crippen molar-refractivity contribution >= 4 is 84.8 Å². The predicted molar refractivity (Wildman–Crippen MR) is 216 cm³/mol. The minimum absolute atomic E-state index is 0.0137. The number of fused-ring (bicyclic) bond motifs is 9. The molecule has 0 aliphatic heterocycles. The Bertz CT molecular complexity index is 3380. The molecule has 4 aromatic heterocycles.